The molecule has 1 aliphatic heterocycles. The highest BCUT2D eigenvalue weighted by Gasteiger charge is 2.22. The maximum Gasteiger partial charge on any atom is 0.306 e. The van der Waals surface area contributed by atoms with E-state index < -0.39 is 5.97 Å². The van der Waals surface area contributed by atoms with Crippen LogP contribution in [0.15, 0.2) is 18.2 Å². The van der Waals surface area contributed by atoms with Crippen LogP contribution in [0.25, 0.3) is 0 Å². The second-order valence-electron chi connectivity index (χ2n) is 5.74. The van der Waals surface area contributed by atoms with Crippen molar-refractivity contribution in [2.45, 2.75) is 39.0 Å². The Morgan fingerprint density at radius 1 is 1.24 bits per heavy atom. The molecule has 25 heavy (non-hydrogen) atoms. The minimum atomic E-state index is -0.394. The standard InChI is InChI=1S/C18H24N2O5/c1-3-25-18(23)10-9-16(21)19-13-7-8-14(15(12-13)24-2)20-11-5-4-6-17(20)22/h7-8,12H,3-6,9-11H2,1-2H3,(H,19,21). The summed E-state index contributed by atoms with van der Waals surface area (Å²) in [4.78, 5) is 37.0. The van der Waals surface area contributed by atoms with Gasteiger partial charge in [-0.25, -0.2) is 0 Å². The topological polar surface area (TPSA) is 84.9 Å². The van der Waals surface area contributed by atoms with Crippen LogP contribution in [-0.2, 0) is 19.1 Å². The zero-order valence-electron chi connectivity index (χ0n) is 14.7. The molecular weight excluding hydrogens is 324 g/mol. The number of amides is 2. The molecule has 0 atom stereocenters. The smallest absolute Gasteiger partial charge is 0.306 e. The first-order valence-electron chi connectivity index (χ1n) is 8.49. The molecule has 2 rings (SSSR count). The van der Waals surface area contributed by atoms with E-state index in [0.29, 0.717) is 36.7 Å². The highest BCUT2D eigenvalue weighted by Crippen LogP contribution is 2.33. The third-order valence-corrected chi connectivity index (χ3v) is 3.94. The number of anilines is 2. The minimum Gasteiger partial charge on any atom is -0.494 e. The molecule has 136 valence electrons. The molecule has 2 amide bonds. The second kappa shape index (κ2) is 9.05. The number of nitrogens with one attached hydrogen (secondary N) is 1. The number of hydrogen-bond donors (Lipinski definition) is 1. The van der Waals surface area contributed by atoms with Gasteiger partial charge in [0.15, 0.2) is 0 Å². The van der Waals surface area contributed by atoms with Crippen LogP contribution in [0.5, 0.6) is 5.75 Å². The van der Waals surface area contributed by atoms with Crippen LogP contribution in [0.4, 0.5) is 11.4 Å². The van der Waals surface area contributed by atoms with Gasteiger partial charge in [-0.2, -0.15) is 0 Å². The van der Waals surface area contributed by atoms with Gasteiger partial charge in [0.05, 0.1) is 25.8 Å². The predicted molar refractivity (Wildman–Crippen MR) is 93.7 cm³/mol. The SMILES string of the molecule is CCOC(=O)CCC(=O)Nc1ccc(N2CCCCC2=O)c(OC)c1. The van der Waals surface area contributed by atoms with E-state index >= 15 is 0 Å². The van der Waals surface area contributed by atoms with E-state index in [1.54, 1.807) is 30.0 Å². The summed E-state index contributed by atoms with van der Waals surface area (Å²) < 4.78 is 10.2. The van der Waals surface area contributed by atoms with Gasteiger partial charge in [0.25, 0.3) is 0 Å². The number of nitrogens with zero attached hydrogens (tertiary/aromatic N) is 1. The lowest BCUT2D eigenvalue weighted by Gasteiger charge is -2.28. The molecule has 0 saturated carbocycles. The summed E-state index contributed by atoms with van der Waals surface area (Å²) >= 11 is 0. The normalized spacial score (nSPS) is 14.2. The van der Waals surface area contributed by atoms with Gasteiger partial charge in [-0.1, -0.05) is 0 Å². The first-order chi connectivity index (χ1) is 12.0. The van der Waals surface area contributed by atoms with E-state index in [2.05, 4.69) is 5.32 Å². The van der Waals surface area contributed by atoms with Gasteiger partial charge in [0, 0.05) is 31.1 Å². The summed E-state index contributed by atoms with van der Waals surface area (Å²) in [5.74, 6) is -0.0692. The maximum absolute atomic E-state index is 12.1. The Hall–Kier alpha value is -2.57. The predicted octanol–water partition coefficient (Wildman–Crippen LogP) is 2.49. The highest BCUT2D eigenvalue weighted by molar-refractivity contribution is 5.97. The molecule has 0 radical (unpaired) electrons. The van der Waals surface area contributed by atoms with Crippen LogP contribution < -0.4 is 15.0 Å². The molecule has 7 nitrogen and oxygen atoms in total. The summed E-state index contributed by atoms with van der Waals surface area (Å²) in [6, 6.07) is 5.17. The molecule has 0 spiro atoms. The third-order valence-electron chi connectivity index (χ3n) is 3.94. The Kier molecular flexibility index (Phi) is 6.80. The van der Waals surface area contributed by atoms with Gasteiger partial charge in [-0.05, 0) is 31.9 Å². The van der Waals surface area contributed by atoms with E-state index in [1.165, 1.54) is 7.11 Å². The molecule has 1 aromatic rings. The number of carbonyl (C=O) groups is 3. The number of esters is 1. The van der Waals surface area contributed by atoms with Gasteiger partial charge >= 0.3 is 5.97 Å². The number of methoxy groups -OCH3 is 1. The Bertz CT molecular complexity index is 644. The largest absolute Gasteiger partial charge is 0.494 e. The van der Waals surface area contributed by atoms with Crippen molar-refractivity contribution in [3.63, 3.8) is 0 Å². The quantitative estimate of drug-likeness (QED) is 0.765. The molecule has 1 aromatic carbocycles. The lowest BCUT2D eigenvalue weighted by molar-refractivity contribution is -0.144. The minimum absolute atomic E-state index is 0.0389. The van der Waals surface area contributed by atoms with E-state index in [4.69, 9.17) is 9.47 Å². The van der Waals surface area contributed by atoms with Crippen molar-refractivity contribution in [2.24, 2.45) is 0 Å². The molecule has 7 heteroatoms. The van der Waals surface area contributed by atoms with Crippen LogP contribution >= 0.6 is 0 Å². The molecule has 0 aromatic heterocycles. The van der Waals surface area contributed by atoms with Gasteiger partial charge in [-0.3, -0.25) is 14.4 Å². The van der Waals surface area contributed by atoms with E-state index in [1.807, 2.05) is 0 Å². The van der Waals surface area contributed by atoms with Gasteiger partial charge in [0.1, 0.15) is 5.75 Å². The number of piperidine rings is 1. The molecule has 1 N–H and O–H groups in total. The first kappa shape index (κ1) is 18.8. The Morgan fingerprint density at radius 2 is 2.04 bits per heavy atom. The lowest BCUT2D eigenvalue weighted by atomic mass is 10.1. The zero-order chi connectivity index (χ0) is 18.2. The lowest BCUT2D eigenvalue weighted by Crippen LogP contribution is -2.35. The van der Waals surface area contributed by atoms with Crippen molar-refractivity contribution in [3.05, 3.63) is 18.2 Å². The average Bonchev–Trinajstić information content (AvgIpc) is 2.61. The van der Waals surface area contributed by atoms with Crippen molar-refractivity contribution >= 4 is 29.2 Å². The molecule has 0 bridgehead atoms. The van der Waals surface area contributed by atoms with Crippen LogP contribution in [0.3, 0.4) is 0 Å². The van der Waals surface area contributed by atoms with E-state index in [0.717, 1.165) is 12.8 Å². The fraction of sp³-hybridized carbons (Fsp3) is 0.500. The molecular formula is C18H24N2O5. The van der Waals surface area contributed by atoms with Crippen LogP contribution in [-0.4, -0.2) is 38.0 Å². The number of ether oxygens (including phenoxy) is 2. The summed E-state index contributed by atoms with van der Waals surface area (Å²) in [6.07, 6.45) is 2.49. The van der Waals surface area contributed by atoms with Crippen molar-refractivity contribution in [3.8, 4) is 5.75 Å². The summed E-state index contributed by atoms with van der Waals surface area (Å²) in [5.41, 5.74) is 1.26. The van der Waals surface area contributed by atoms with Crippen LogP contribution in [0.1, 0.15) is 39.0 Å². The van der Waals surface area contributed by atoms with E-state index in [-0.39, 0.29) is 24.7 Å². The van der Waals surface area contributed by atoms with Crippen molar-refractivity contribution in [1.82, 2.24) is 0 Å². The van der Waals surface area contributed by atoms with Gasteiger partial charge in [-0.15, -0.1) is 0 Å². The van der Waals surface area contributed by atoms with Crippen molar-refractivity contribution in [1.29, 1.82) is 0 Å². The Labute approximate surface area is 147 Å². The highest BCUT2D eigenvalue weighted by atomic mass is 16.5. The van der Waals surface area contributed by atoms with Crippen molar-refractivity contribution in [2.75, 3.05) is 30.5 Å². The number of rotatable bonds is 7. The summed E-state index contributed by atoms with van der Waals surface area (Å²) in [7, 11) is 1.53. The number of benzene rings is 1. The van der Waals surface area contributed by atoms with Crippen molar-refractivity contribution < 1.29 is 23.9 Å². The Balaban J connectivity index is 2.02. The zero-order valence-corrected chi connectivity index (χ0v) is 14.7. The molecule has 0 unspecified atom stereocenters. The summed E-state index contributed by atoms with van der Waals surface area (Å²) in [5, 5.41) is 2.73. The summed E-state index contributed by atoms with van der Waals surface area (Å²) in [6.45, 7) is 2.69. The molecule has 1 fully saturated rings. The number of hydrogen-bond acceptors (Lipinski definition) is 5. The second-order valence-corrected chi connectivity index (χ2v) is 5.74. The fourth-order valence-electron chi connectivity index (χ4n) is 2.71. The maximum atomic E-state index is 12.1. The van der Waals surface area contributed by atoms with Crippen LogP contribution in [0.2, 0.25) is 0 Å². The number of carbonyl (C=O) groups excluding carboxylic acids is 3. The Morgan fingerprint density at radius 3 is 2.72 bits per heavy atom. The van der Waals surface area contributed by atoms with Gasteiger partial charge in [0.2, 0.25) is 11.8 Å². The third kappa shape index (κ3) is 5.20. The first-order valence-corrected chi connectivity index (χ1v) is 8.49. The molecule has 0 aliphatic carbocycles. The van der Waals surface area contributed by atoms with E-state index in [9.17, 15) is 14.4 Å². The molecule has 1 aliphatic rings. The fourth-order valence-corrected chi connectivity index (χ4v) is 2.71. The molecule has 1 saturated heterocycles. The van der Waals surface area contributed by atoms with Crippen LogP contribution in [0, 0.1) is 0 Å². The van der Waals surface area contributed by atoms with Gasteiger partial charge < -0.3 is 19.7 Å². The monoisotopic (exact) mass is 348 g/mol. The average molecular weight is 348 g/mol. The molecule has 1 heterocycles.